The van der Waals surface area contributed by atoms with E-state index >= 15 is 0 Å². The van der Waals surface area contributed by atoms with Crippen molar-refractivity contribution in [3.8, 4) is 0 Å². The van der Waals surface area contributed by atoms with Crippen LogP contribution in [0.5, 0.6) is 0 Å². The molecule has 0 radical (unpaired) electrons. The first kappa shape index (κ1) is 9.43. The molecule has 0 spiro atoms. The van der Waals surface area contributed by atoms with Crippen molar-refractivity contribution in [2.75, 3.05) is 0 Å². The van der Waals surface area contributed by atoms with Crippen molar-refractivity contribution in [3.63, 3.8) is 0 Å². The van der Waals surface area contributed by atoms with Crippen molar-refractivity contribution < 1.29 is 4.92 Å². The number of rotatable bonds is 1. The molecule has 2 rings (SSSR count). The van der Waals surface area contributed by atoms with E-state index in [2.05, 4.69) is 0 Å². The molecule has 0 saturated heterocycles. The van der Waals surface area contributed by atoms with Crippen LogP contribution in [-0.4, -0.2) is 4.92 Å². The topological polar surface area (TPSA) is 43.1 Å². The molecule has 1 aromatic heterocycles. The van der Waals surface area contributed by atoms with E-state index in [-0.39, 0.29) is 10.6 Å². The predicted molar refractivity (Wildman–Crippen MR) is 58.2 cm³/mol. The highest BCUT2D eigenvalue weighted by molar-refractivity contribution is 7.17. The maximum Gasteiger partial charge on any atom is 0.287 e. The van der Waals surface area contributed by atoms with Crippen molar-refractivity contribution in [2.24, 2.45) is 0 Å². The fraction of sp³-hybridized carbons (Fsp3) is 0.111. The van der Waals surface area contributed by atoms with Gasteiger partial charge >= 0.3 is 0 Å². The molecule has 0 atom stereocenters. The summed E-state index contributed by atoms with van der Waals surface area (Å²) in [4.78, 5) is 10.3. The molecule has 14 heavy (non-hydrogen) atoms. The summed E-state index contributed by atoms with van der Waals surface area (Å²) in [6.07, 6.45) is 0. The Hall–Kier alpha value is -1.13. The number of aryl methyl sites for hydroxylation is 1. The van der Waals surface area contributed by atoms with E-state index in [1.807, 2.05) is 6.92 Å². The molecule has 0 aliphatic carbocycles. The summed E-state index contributed by atoms with van der Waals surface area (Å²) in [5.41, 5.74) is 1.02. The van der Waals surface area contributed by atoms with Crippen LogP contribution in [0.15, 0.2) is 17.5 Å². The molecule has 0 aliphatic rings. The van der Waals surface area contributed by atoms with Crippen LogP contribution in [-0.2, 0) is 0 Å². The number of hydrogen-bond acceptors (Lipinski definition) is 3. The van der Waals surface area contributed by atoms with Gasteiger partial charge in [-0.15, -0.1) is 11.3 Å². The van der Waals surface area contributed by atoms with Crippen molar-refractivity contribution in [1.29, 1.82) is 0 Å². The second-order valence-corrected chi connectivity index (χ2v) is 4.29. The van der Waals surface area contributed by atoms with E-state index in [9.17, 15) is 10.1 Å². The molecule has 2 aromatic rings. The summed E-state index contributed by atoms with van der Waals surface area (Å²) in [5, 5.41) is 13.5. The predicted octanol–water partition coefficient (Wildman–Crippen LogP) is 3.77. The number of halogens is 1. The normalized spacial score (nSPS) is 10.7. The van der Waals surface area contributed by atoms with Gasteiger partial charge in [-0.1, -0.05) is 11.6 Å². The average molecular weight is 228 g/mol. The lowest BCUT2D eigenvalue weighted by molar-refractivity contribution is -0.382. The van der Waals surface area contributed by atoms with Gasteiger partial charge in [-0.2, -0.15) is 0 Å². The standard InChI is InChI=1S/C9H6ClNO2S/c1-5-2-6-8(11(12)13)4-14-9(6)3-7(5)10/h2-4H,1H3. The van der Waals surface area contributed by atoms with Gasteiger partial charge in [-0.3, -0.25) is 10.1 Å². The summed E-state index contributed by atoms with van der Waals surface area (Å²) in [6.45, 7) is 1.84. The van der Waals surface area contributed by atoms with Crippen molar-refractivity contribution in [3.05, 3.63) is 38.2 Å². The number of nitrogens with zero attached hydrogens (tertiary/aromatic N) is 1. The molecular weight excluding hydrogens is 222 g/mol. The quantitative estimate of drug-likeness (QED) is 0.550. The Morgan fingerprint density at radius 3 is 2.86 bits per heavy atom. The molecule has 0 bridgehead atoms. The van der Waals surface area contributed by atoms with E-state index in [0.29, 0.717) is 10.4 Å². The summed E-state index contributed by atoms with van der Waals surface area (Å²) < 4.78 is 0.854. The van der Waals surface area contributed by atoms with Gasteiger partial charge in [0.25, 0.3) is 5.69 Å². The first-order valence-corrected chi connectivity index (χ1v) is 5.17. The molecule has 5 heteroatoms. The highest BCUT2D eigenvalue weighted by atomic mass is 35.5. The molecule has 1 aromatic carbocycles. The fourth-order valence-electron chi connectivity index (χ4n) is 1.29. The zero-order valence-electron chi connectivity index (χ0n) is 7.28. The first-order valence-electron chi connectivity index (χ1n) is 3.91. The van der Waals surface area contributed by atoms with Crippen LogP contribution in [0.25, 0.3) is 10.1 Å². The minimum absolute atomic E-state index is 0.157. The van der Waals surface area contributed by atoms with Crippen LogP contribution in [0.4, 0.5) is 5.69 Å². The largest absolute Gasteiger partial charge is 0.287 e. The molecule has 0 amide bonds. The molecular formula is C9H6ClNO2S. The summed E-state index contributed by atoms with van der Waals surface area (Å²) in [7, 11) is 0. The van der Waals surface area contributed by atoms with Gasteiger partial charge in [-0.05, 0) is 24.6 Å². The molecule has 3 nitrogen and oxygen atoms in total. The second-order valence-electron chi connectivity index (χ2n) is 2.98. The zero-order chi connectivity index (χ0) is 10.3. The van der Waals surface area contributed by atoms with Crippen LogP contribution in [0.2, 0.25) is 5.02 Å². The monoisotopic (exact) mass is 227 g/mol. The van der Waals surface area contributed by atoms with Gasteiger partial charge in [0.2, 0.25) is 0 Å². The maximum atomic E-state index is 10.7. The van der Waals surface area contributed by atoms with Gasteiger partial charge in [0.05, 0.1) is 15.7 Å². The van der Waals surface area contributed by atoms with E-state index in [1.54, 1.807) is 17.5 Å². The van der Waals surface area contributed by atoms with Crippen LogP contribution >= 0.6 is 22.9 Å². The lowest BCUT2D eigenvalue weighted by atomic mass is 10.2. The number of benzene rings is 1. The lowest BCUT2D eigenvalue weighted by Gasteiger charge is -1.96. The Morgan fingerprint density at radius 2 is 2.21 bits per heavy atom. The van der Waals surface area contributed by atoms with Gasteiger partial charge in [-0.25, -0.2) is 0 Å². The molecule has 1 heterocycles. The minimum atomic E-state index is -0.369. The van der Waals surface area contributed by atoms with Gasteiger partial charge in [0.15, 0.2) is 0 Å². The fourth-order valence-corrected chi connectivity index (χ4v) is 2.44. The molecule has 0 N–H and O–H groups in total. The highest BCUT2D eigenvalue weighted by Gasteiger charge is 2.14. The number of nitro groups is 1. The molecule has 0 saturated carbocycles. The van der Waals surface area contributed by atoms with Crippen LogP contribution in [0.3, 0.4) is 0 Å². The third kappa shape index (κ3) is 1.36. The highest BCUT2D eigenvalue weighted by Crippen LogP contribution is 2.35. The number of thiophene rings is 1. The van der Waals surface area contributed by atoms with Crippen molar-refractivity contribution in [2.45, 2.75) is 6.92 Å². The van der Waals surface area contributed by atoms with Gasteiger partial charge in [0, 0.05) is 9.72 Å². The zero-order valence-corrected chi connectivity index (χ0v) is 8.85. The van der Waals surface area contributed by atoms with E-state index in [1.165, 1.54) is 11.3 Å². The average Bonchev–Trinajstić information content (AvgIpc) is 2.48. The second kappa shape index (κ2) is 3.22. The Kier molecular flexibility index (Phi) is 2.17. The minimum Gasteiger partial charge on any atom is -0.258 e. The Labute approximate surface area is 89.1 Å². The Bertz CT molecular complexity index is 521. The third-order valence-corrected chi connectivity index (χ3v) is 3.37. The van der Waals surface area contributed by atoms with E-state index < -0.39 is 0 Å². The smallest absolute Gasteiger partial charge is 0.258 e. The molecule has 0 fully saturated rings. The van der Waals surface area contributed by atoms with Crippen LogP contribution < -0.4 is 0 Å². The third-order valence-electron chi connectivity index (χ3n) is 2.03. The number of hydrogen-bond donors (Lipinski definition) is 0. The number of fused-ring (bicyclic) bond motifs is 1. The molecule has 72 valence electrons. The van der Waals surface area contributed by atoms with Crippen molar-refractivity contribution >= 4 is 38.7 Å². The first-order chi connectivity index (χ1) is 6.59. The van der Waals surface area contributed by atoms with E-state index in [4.69, 9.17) is 11.6 Å². The van der Waals surface area contributed by atoms with Gasteiger partial charge < -0.3 is 0 Å². The SMILES string of the molecule is Cc1cc2c([N+](=O)[O-])csc2cc1Cl. The van der Waals surface area contributed by atoms with Crippen LogP contribution in [0, 0.1) is 17.0 Å². The maximum absolute atomic E-state index is 10.7. The molecule has 0 aliphatic heterocycles. The Morgan fingerprint density at radius 1 is 1.50 bits per heavy atom. The summed E-state index contributed by atoms with van der Waals surface area (Å²) in [5.74, 6) is 0. The molecule has 0 unspecified atom stereocenters. The Balaban J connectivity index is 2.80. The summed E-state index contributed by atoms with van der Waals surface area (Å²) >= 11 is 7.25. The van der Waals surface area contributed by atoms with Crippen LogP contribution in [0.1, 0.15) is 5.56 Å². The van der Waals surface area contributed by atoms with E-state index in [0.717, 1.165) is 10.3 Å². The lowest BCUT2D eigenvalue weighted by Crippen LogP contribution is -1.85. The van der Waals surface area contributed by atoms with Gasteiger partial charge in [0.1, 0.15) is 0 Å². The summed E-state index contributed by atoms with van der Waals surface area (Å²) in [6, 6.07) is 3.52. The van der Waals surface area contributed by atoms with Crippen molar-refractivity contribution in [1.82, 2.24) is 0 Å².